The van der Waals surface area contributed by atoms with Crippen molar-refractivity contribution in [3.8, 4) is 34.5 Å². The van der Waals surface area contributed by atoms with E-state index in [4.69, 9.17) is 10.8 Å². The van der Waals surface area contributed by atoms with E-state index in [0.717, 1.165) is 17.3 Å². The molecule has 9 nitrogen and oxygen atoms in total. The minimum atomic E-state index is -0.621. The maximum absolute atomic E-state index is 14.2. The molecule has 180 valence electrons. The molecule has 0 saturated heterocycles. The number of nitrogens with zero attached hydrogens (tertiary/aromatic N) is 7. The molecular formula is C27H19FN8O. The van der Waals surface area contributed by atoms with Gasteiger partial charge in [0.1, 0.15) is 35.5 Å². The first kappa shape index (κ1) is 22.2. The summed E-state index contributed by atoms with van der Waals surface area (Å²) in [4.78, 5) is 13.1. The van der Waals surface area contributed by atoms with Crippen molar-refractivity contribution in [2.75, 3.05) is 5.73 Å². The third-order valence-corrected chi connectivity index (χ3v) is 6.36. The molecule has 37 heavy (non-hydrogen) atoms. The van der Waals surface area contributed by atoms with Gasteiger partial charge in [-0.2, -0.15) is 10.4 Å². The summed E-state index contributed by atoms with van der Waals surface area (Å²) in [6, 6.07) is 16.8. The zero-order valence-corrected chi connectivity index (χ0v) is 19.5. The smallest absolute Gasteiger partial charge is 0.164 e. The highest BCUT2D eigenvalue weighted by Gasteiger charge is 2.29. The van der Waals surface area contributed by atoms with Gasteiger partial charge in [-0.15, -0.1) is 0 Å². The number of rotatable bonds is 4. The molecule has 0 spiro atoms. The van der Waals surface area contributed by atoms with Crippen molar-refractivity contribution in [2.45, 2.75) is 13.0 Å². The average molecular weight is 491 g/mol. The van der Waals surface area contributed by atoms with Gasteiger partial charge in [0.2, 0.25) is 0 Å². The van der Waals surface area contributed by atoms with Crippen molar-refractivity contribution in [3.63, 3.8) is 0 Å². The number of nitriles is 1. The lowest BCUT2D eigenvalue weighted by Gasteiger charge is -2.15. The van der Waals surface area contributed by atoms with Gasteiger partial charge in [-0.1, -0.05) is 12.1 Å². The first-order valence-corrected chi connectivity index (χ1v) is 11.4. The lowest BCUT2D eigenvalue weighted by molar-refractivity contribution is 0.469. The number of benzene rings is 1. The van der Waals surface area contributed by atoms with Crippen molar-refractivity contribution in [2.24, 2.45) is 0 Å². The Hall–Kier alpha value is -5.30. The molecule has 0 aliphatic rings. The summed E-state index contributed by atoms with van der Waals surface area (Å²) in [6.45, 7) is 1.90. The molecule has 10 heteroatoms. The van der Waals surface area contributed by atoms with Gasteiger partial charge in [0, 0.05) is 29.6 Å². The van der Waals surface area contributed by atoms with Crippen molar-refractivity contribution in [1.82, 2.24) is 29.1 Å². The number of aromatic nitrogens is 6. The van der Waals surface area contributed by atoms with E-state index in [2.05, 4.69) is 21.0 Å². The van der Waals surface area contributed by atoms with Crippen LogP contribution in [0.2, 0.25) is 0 Å². The Morgan fingerprint density at radius 2 is 1.92 bits per heavy atom. The van der Waals surface area contributed by atoms with Crippen LogP contribution < -0.4 is 5.73 Å². The zero-order chi connectivity index (χ0) is 25.7. The third kappa shape index (κ3) is 3.44. The summed E-state index contributed by atoms with van der Waals surface area (Å²) < 4.78 is 17.8. The van der Waals surface area contributed by atoms with Crippen LogP contribution in [0.3, 0.4) is 0 Å². The number of nitrogens with two attached hydrogens (primary N) is 1. The molecule has 1 unspecified atom stereocenters. The molecule has 0 bridgehead atoms. The maximum atomic E-state index is 14.2. The Bertz CT molecular complexity index is 1830. The van der Waals surface area contributed by atoms with Crippen LogP contribution in [0.25, 0.3) is 39.2 Å². The second-order valence-electron chi connectivity index (χ2n) is 8.54. The summed E-state index contributed by atoms with van der Waals surface area (Å²) >= 11 is 0. The zero-order valence-electron chi connectivity index (χ0n) is 19.5. The number of nitrogen functional groups attached to an aromatic ring is 1. The van der Waals surface area contributed by atoms with Gasteiger partial charge >= 0.3 is 0 Å². The minimum Gasteiger partial charge on any atom is -0.508 e. The van der Waals surface area contributed by atoms with E-state index in [1.807, 2.05) is 53.9 Å². The molecule has 1 atom stereocenters. The van der Waals surface area contributed by atoms with Crippen molar-refractivity contribution in [3.05, 3.63) is 90.3 Å². The number of halogens is 1. The van der Waals surface area contributed by atoms with E-state index in [9.17, 15) is 14.8 Å². The van der Waals surface area contributed by atoms with Crippen LogP contribution >= 0.6 is 0 Å². The Labute approximate surface area is 209 Å². The predicted molar refractivity (Wildman–Crippen MR) is 136 cm³/mol. The van der Waals surface area contributed by atoms with Crippen molar-refractivity contribution in [1.29, 1.82) is 5.26 Å². The SMILES string of the molecule is CC(c1c(C#N)c2ccccn2c1-c1ccccn1)n1nc(-c2cc(O)cc(F)c2)c2c(N)ncnc21. The Morgan fingerprint density at radius 3 is 2.68 bits per heavy atom. The quantitative estimate of drug-likeness (QED) is 0.366. The molecule has 0 aliphatic carbocycles. The molecule has 0 saturated carbocycles. The maximum Gasteiger partial charge on any atom is 0.164 e. The Balaban J connectivity index is 1.67. The normalized spacial score (nSPS) is 12.1. The van der Waals surface area contributed by atoms with Crippen LogP contribution in [0.4, 0.5) is 10.2 Å². The second kappa shape index (κ2) is 8.42. The van der Waals surface area contributed by atoms with Crippen LogP contribution in [0.15, 0.2) is 73.3 Å². The molecule has 6 aromatic rings. The predicted octanol–water partition coefficient (Wildman–Crippen LogP) is 4.72. The summed E-state index contributed by atoms with van der Waals surface area (Å²) in [5.41, 5.74) is 10.6. The standard InChI is InChI=1S/C27H19FN8O/c1-15(22-19(13-29)21-7-3-5-9-35(21)25(22)20-6-2-4-8-31-20)36-27-23(26(30)32-14-33-27)24(34-36)16-10-17(28)12-18(37)11-16/h2-12,14-15,37H,1H3,(H2,30,32,33). The van der Waals surface area contributed by atoms with Gasteiger partial charge in [-0.25, -0.2) is 19.0 Å². The number of phenolic OH excluding ortho intramolecular Hbond substituents is 1. The van der Waals surface area contributed by atoms with Crippen LogP contribution in [0.1, 0.15) is 24.1 Å². The van der Waals surface area contributed by atoms with E-state index < -0.39 is 11.9 Å². The summed E-state index contributed by atoms with van der Waals surface area (Å²) in [7, 11) is 0. The highest BCUT2D eigenvalue weighted by molar-refractivity contribution is 5.98. The number of anilines is 1. The second-order valence-corrected chi connectivity index (χ2v) is 8.54. The van der Waals surface area contributed by atoms with Crippen molar-refractivity contribution >= 4 is 22.4 Å². The highest BCUT2D eigenvalue weighted by atomic mass is 19.1. The monoisotopic (exact) mass is 490 g/mol. The molecular weight excluding hydrogens is 471 g/mol. The van der Waals surface area contributed by atoms with Crippen LogP contribution in [-0.2, 0) is 0 Å². The lowest BCUT2D eigenvalue weighted by Crippen LogP contribution is -2.11. The molecule has 5 heterocycles. The van der Waals surface area contributed by atoms with Crippen molar-refractivity contribution < 1.29 is 9.50 Å². The van der Waals surface area contributed by atoms with Gasteiger partial charge in [0.15, 0.2) is 5.65 Å². The van der Waals surface area contributed by atoms with Gasteiger partial charge in [-0.3, -0.25) is 4.98 Å². The van der Waals surface area contributed by atoms with Crippen LogP contribution in [-0.4, -0.2) is 34.2 Å². The Morgan fingerprint density at radius 1 is 1.08 bits per heavy atom. The number of fused-ring (bicyclic) bond motifs is 2. The summed E-state index contributed by atoms with van der Waals surface area (Å²) in [5.74, 6) is -0.706. The molecule has 1 aromatic carbocycles. The molecule has 3 N–H and O–H groups in total. The van der Waals surface area contributed by atoms with Crippen LogP contribution in [0, 0.1) is 17.1 Å². The molecule has 0 fully saturated rings. The van der Waals surface area contributed by atoms with Crippen LogP contribution in [0.5, 0.6) is 5.75 Å². The average Bonchev–Trinajstić information content (AvgIpc) is 3.45. The Kier molecular flexibility index (Phi) is 5.05. The number of phenols is 1. The first-order chi connectivity index (χ1) is 18.0. The summed E-state index contributed by atoms with van der Waals surface area (Å²) in [5, 5.41) is 25.5. The molecule has 0 radical (unpaired) electrons. The topological polar surface area (TPSA) is 131 Å². The molecule has 6 rings (SSSR count). The third-order valence-electron chi connectivity index (χ3n) is 6.36. The van der Waals surface area contributed by atoms with Gasteiger partial charge in [-0.05, 0) is 43.3 Å². The van der Waals surface area contributed by atoms with E-state index in [1.165, 1.54) is 18.5 Å². The van der Waals surface area contributed by atoms with Gasteiger partial charge < -0.3 is 15.2 Å². The largest absolute Gasteiger partial charge is 0.508 e. The van der Waals surface area contributed by atoms with E-state index in [1.54, 1.807) is 10.9 Å². The van der Waals surface area contributed by atoms with Gasteiger partial charge in [0.05, 0.1) is 33.9 Å². The fraction of sp³-hybridized carbons (Fsp3) is 0.0741. The fourth-order valence-corrected chi connectivity index (χ4v) is 4.82. The lowest BCUT2D eigenvalue weighted by atomic mass is 10.0. The molecule has 5 aromatic heterocycles. The van der Waals surface area contributed by atoms with E-state index >= 15 is 0 Å². The van der Waals surface area contributed by atoms with E-state index in [-0.39, 0.29) is 11.6 Å². The number of hydrogen-bond acceptors (Lipinski definition) is 7. The minimum absolute atomic E-state index is 0.162. The molecule has 0 aliphatic heterocycles. The summed E-state index contributed by atoms with van der Waals surface area (Å²) in [6.07, 6.45) is 4.92. The van der Waals surface area contributed by atoms with E-state index in [0.29, 0.717) is 39.1 Å². The fourth-order valence-electron chi connectivity index (χ4n) is 4.82. The number of hydrogen-bond donors (Lipinski definition) is 2. The molecule has 0 amide bonds. The highest BCUT2D eigenvalue weighted by Crippen LogP contribution is 2.39. The first-order valence-electron chi connectivity index (χ1n) is 11.4. The number of aromatic hydroxyl groups is 1. The number of pyridine rings is 2. The van der Waals surface area contributed by atoms with Gasteiger partial charge in [0.25, 0.3) is 0 Å².